The number of hydrogen-bond donors (Lipinski definition) is 0. The molecule has 3 aromatic carbocycles. The topological polar surface area (TPSA) is 35.5 Å². The summed E-state index contributed by atoms with van der Waals surface area (Å²) in [4.78, 5) is 12.5. The van der Waals surface area contributed by atoms with Gasteiger partial charge in [-0.2, -0.15) is 0 Å². The van der Waals surface area contributed by atoms with Gasteiger partial charge >= 0.3 is 5.97 Å². The fourth-order valence-electron chi connectivity index (χ4n) is 5.39. The lowest BCUT2D eigenvalue weighted by Crippen LogP contribution is -2.15. The highest BCUT2D eigenvalue weighted by Gasteiger charge is 2.12. The fraction of sp³-hybridized carbons (Fsp3) is 0.553. The molecule has 3 nitrogen and oxygen atoms in total. The third-order valence-corrected chi connectivity index (χ3v) is 8.06. The Balaban J connectivity index is 1.37. The lowest BCUT2D eigenvalue weighted by molar-refractivity contribution is 0.0319. The van der Waals surface area contributed by atoms with Crippen LogP contribution in [0.4, 0.5) is 0 Å². The van der Waals surface area contributed by atoms with E-state index in [1.54, 1.807) is 0 Å². The van der Waals surface area contributed by atoms with Crippen molar-refractivity contribution < 1.29 is 14.3 Å². The van der Waals surface area contributed by atoms with Gasteiger partial charge in [-0.3, -0.25) is 0 Å². The summed E-state index contributed by atoms with van der Waals surface area (Å²) in [6.45, 7) is 7.27. The molecule has 3 heteroatoms. The van der Waals surface area contributed by atoms with E-state index in [0.717, 1.165) is 44.5 Å². The molecular formula is C38H54O3. The first-order valence-corrected chi connectivity index (χ1v) is 16.5. The van der Waals surface area contributed by atoms with Gasteiger partial charge in [0.2, 0.25) is 0 Å². The zero-order valence-corrected chi connectivity index (χ0v) is 26.1. The van der Waals surface area contributed by atoms with Crippen molar-refractivity contribution in [2.45, 2.75) is 130 Å². The van der Waals surface area contributed by atoms with Crippen molar-refractivity contribution in [3.05, 3.63) is 77.4 Å². The van der Waals surface area contributed by atoms with Crippen LogP contribution in [0.5, 0.6) is 5.75 Å². The Morgan fingerprint density at radius 2 is 1.20 bits per heavy atom. The summed E-state index contributed by atoms with van der Waals surface area (Å²) >= 11 is 0. The van der Waals surface area contributed by atoms with E-state index >= 15 is 0 Å². The van der Waals surface area contributed by atoms with E-state index in [4.69, 9.17) is 9.47 Å². The van der Waals surface area contributed by atoms with Crippen LogP contribution in [0, 0.1) is 0 Å². The number of aryl methyl sites for hydroxylation is 2. The molecule has 0 saturated heterocycles. The van der Waals surface area contributed by atoms with Crippen LogP contribution in [0.3, 0.4) is 0 Å². The number of fused-ring (bicyclic) bond motifs is 1. The minimum atomic E-state index is -0.217. The zero-order valence-electron chi connectivity index (χ0n) is 26.1. The Hall–Kier alpha value is -2.81. The molecule has 0 fully saturated rings. The van der Waals surface area contributed by atoms with E-state index in [-0.39, 0.29) is 12.1 Å². The normalized spacial score (nSPS) is 12.0. The average molecular weight is 559 g/mol. The summed E-state index contributed by atoms with van der Waals surface area (Å²) in [5.74, 6) is 0.750. The molecule has 0 bridgehead atoms. The molecule has 41 heavy (non-hydrogen) atoms. The van der Waals surface area contributed by atoms with Crippen molar-refractivity contribution in [3.8, 4) is 5.75 Å². The number of unbranched alkanes of at least 4 members (excludes halogenated alkanes) is 11. The first-order chi connectivity index (χ1) is 20.1. The zero-order chi connectivity index (χ0) is 29.1. The molecule has 0 aliphatic heterocycles. The van der Waals surface area contributed by atoms with Crippen LogP contribution in [0.25, 0.3) is 10.8 Å². The third kappa shape index (κ3) is 12.7. The second-order valence-corrected chi connectivity index (χ2v) is 11.8. The van der Waals surface area contributed by atoms with Crippen LogP contribution < -0.4 is 4.74 Å². The molecule has 1 atom stereocenters. The maximum Gasteiger partial charge on any atom is 0.338 e. The maximum atomic E-state index is 12.5. The van der Waals surface area contributed by atoms with Crippen LogP contribution in [-0.4, -0.2) is 18.7 Å². The Bertz CT molecular complexity index is 1130. The number of benzene rings is 3. The van der Waals surface area contributed by atoms with Crippen LogP contribution >= 0.6 is 0 Å². The van der Waals surface area contributed by atoms with Gasteiger partial charge < -0.3 is 9.47 Å². The quantitative estimate of drug-likeness (QED) is 0.0963. The molecule has 3 aromatic rings. The minimum absolute atomic E-state index is 0.0331. The highest BCUT2D eigenvalue weighted by atomic mass is 16.5. The lowest BCUT2D eigenvalue weighted by Gasteiger charge is -2.13. The van der Waals surface area contributed by atoms with Crippen LogP contribution in [0.15, 0.2) is 60.7 Å². The first kappa shape index (κ1) is 32.7. The number of hydrogen-bond acceptors (Lipinski definition) is 3. The van der Waals surface area contributed by atoms with Crippen molar-refractivity contribution in [2.24, 2.45) is 0 Å². The molecule has 224 valence electrons. The van der Waals surface area contributed by atoms with Gasteiger partial charge in [-0.1, -0.05) is 121 Å². The average Bonchev–Trinajstić information content (AvgIpc) is 2.99. The highest BCUT2D eigenvalue weighted by Crippen LogP contribution is 2.23. The summed E-state index contributed by atoms with van der Waals surface area (Å²) in [6, 6.07) is 21.1. The predicted molar refractivity (Wildman–Crippen MR) is 174 cm³/mol. The summed E-state index contributed by atoms with van der Waals surface area (Å²) < 4.78 is 11.7. The van der Waals surface area contributed by atoms with Crippen molar-refractivity contribution in [3.63, 3.8) is 0 Å². The third-order valence-electron chi connectivity index (χ3n) is 8.06. The number of carbonyl (C=O) groups is 1. The molecule has 0 amide bonds. The molecule has 0 heterocycles. The van der Waals surface area contributed by atoms with E-state index in [1.807, 2.05) is 19.1 Å². The molecule has 0 spiro atoms. The van der Waals surface area contributed by atoms with Gasteiger partial charge in [0, 0.05) is 0 Å². The highest BCUT2D eigenvalue weighted by molar-refractivity contribution is 5.89. The summed E-state index contributed by atoms with van der Waals surface area (Å²) in [5.41, 5.74) is 3.19. The van der Waals surface area contributed by atoms with E-state index in [2.05, 4.69) is 62.4 Å². The predicted octanol–water partition coefficient (Wildman–Crippen LogP) is 11.1. The van der Waals surface area contributed by atoms with Gasteiger partial charge in [0.25, 0.3) is 0 Å². The van der Waals surface area contributed by atoms with Crippen LogP contribution in [0.2, 0.25) is 0 Å². The number of carbonyl (C=O) groups excluding carboxylic acids is 1. The van der Waals surface area contributed by atoms with Crippen molar-refractivity contribution >= 4 is 16.7 Å². The van der Waals surface area contributed by atoms with Gasteiger partial charge in [-0.15, -0.1) is 0 Å². The van der Waals surface area contributed by atoms with E-state index in [0.29, 0.717) is 5.56 Å². The van der Waals surface area contributed by atoms with Crippen molar-refractivity contribution in [1.29, 1.82) is 0 Å². The van der Waals surface area contributed by atoms with Gasteiger partial charge in [-0.25, -0.2) is 4.79 Å². The molecule has 3 rings (SSSR count). The largest absolute Gasteiger partial charge is 0.494 e. The fourth-order valence-corrected chi connectivity index (χ4v) is 5.39. The summed E-state index contributed by atoms with van der Waals surface area (Å²) in [7, 11) is 0. The van der Waals surface area contributed by atoms with Crippen LogP contribution in [-0.2, 0) is 17.6 Å². The number of ether oxygens (including phenoxy) is 2. The Kier molecular flexibility index (Phi) is 15.4. The second-order valence-electron chi connectivity index (χ2n) is 11.8. The maximum absolute atomic E-state index is 12.5. The molecule has 0 aliphatic rings. The van der Waals surface area contributed by atoms with Gasteiger partial charge in [0.05, 0.1) is 18.3 Å². The van der Waals surface area contributed by atoms with Crippen LogP contribution in [0.1, 0.15) is 132 Å². The van der Waals surface area contributed by atoms with Gasteiger partial charge in [0.1, 0.15) is 5.75 Å². The molecule has 0 aromatic heterocycles. The Labute approximate surface area is 250 Å². The second kappa shape index (κ2) is 19.3. The SMILES string of the molecule is CCCCCCCCCCCOc1ccc2cc(CCc3ccc(C(=O)O[C@H](C)CCCCCC)cc3)ccc2c1. The van der Waals surface area contributed by atoms with Gasteiger partial charge in [-0.05, 0) is 85.2 Å². The van der Waals surface area contributed by atoms with Gasteiger partial charge in [0.15, 0.2) is 0 Å². The van der Waals surface area contributed by atoms with Crippen molar-refractivity contribution in [2.75, 3.05) is 6.61 Å². The lowest BCUT2D eigenvalue weighted by atomic mass is 10.0. The number of rotatable bonds is 21. The minimum Gasteiger partial charge on any atom is -0.494 e. The molecular weight excluding hydrogens is 504 g/mol. The molecule has 0 aliphatic carbocycles. The summed E-state index contributed by atoms with van der Waals surface area (Å²) in [6.07, 6.45) is 19.6. The number of esters is 1. The Morgan fingerprint density at radius 3 is 1.90 bits per heavy atom. The van der Waals surface area contributed by atoms with E-state index in [1.165, 1.54) is 92.5 Å². The van der Waals surface area contributed by atoms with E-state index in [9.17, 15) is 4.79 Å². The van der Waals surface area contributed by atoms with Crippen molar-refractivity contribution in [1.82, 2.24) is 0 Å². The monoisotopic (exact) mass is 558 g/mol. The first-order valence-electron chi connectivity index (χ1n) is 16.5. The van der Waals surface area contributed by atoms with E-state index < -0.39 is 0 Å². The molecule has 0 N–H and O–H groups in total. The smallest absolute Gasteiger partial charge is 0.338 e. The Morgan fingerprint density at radius 1 is 0.634 bits per heavy atom. The molecule has 0 unspecified atom stereocenters. The molecule has 0 saturated carbocycles. The summed E-state index contributed by atoms with van der Waals surface area (Å²) in [5, 5.41) is 2.47. The standard InChI is InChI=1S/C38H54O3/c1-4-6-8-10-11-12-13-14-16-28-40-37-27-26-35-29-33(22-25-36(35)30-37)19-18-32-20-23-34(24-21-32)38(39)41-31(3)17-15-9-7-5-2/h20-27,29-31H,4-19,28H2,1-3H3/t31-/m1/s1. The molecule has 0 radical (unpaired) electrons.